The molecule has 1 fully saturated rings. The van der Waals surface area contributed by atoms with E-state index < -0.39 is 6.04 Å². The molecule has 1 heterocycles. The summed E-state index contributed by atoms with van der Waals surface area (Å²) in [5.41, 5.74) is 0. The van der Waals surface area contributed by atoms with Gasteiger partial charge in [-0.15, -0.1) is 12.3 Å². The van der Waals surface area contributed by atoms with Gasteiger partial charge in [-0.25, -0.2) is 0 Å². The van der Waals surface area contributed by atoms with Crippen LogP contribution in [-0.2, 0) is 9.59 Å². The van der Waals surface area contributed by atoms with Crippen molar-refractivity contribution in [1.82, 2.24) is 10.2 Å². The molecular weight excluding hydrogens is 192 g/mol. The average molecular weight is 208 g/mol. The van der Waals surface area contributed by atoms with E-state index in [2.05, 4.69) is 11.2 Å². The number of nitrogens with one attached hydrogen (secondary N) is 1. The molecule has 0 bridgehead atoms. The molecule has 0 aromatic rings. The third kappa shape index (κ3) is 3.28. The van der Waals surface area contributed by atoms with E-state index in [1.54, 1.807) is 11.8 Å². The third-order valence-electron chi connectivity index (χ3n) is 2.42. The molecule has 0 radical (unpaired) electrons. The van der Waals surface area contributed by atoms with Gasteiger partial charge in [-0.3, -0.25) is 9.59 Å². The quantitative estimate of drug-likeness (QED) is 0.529. The number of hydrogen-bond donors (Lipinski definition) is 1. The molecule has 1 unspecified atom stereocenters. The number of carbonyl (C=O) groups is 2. The predicted molar refractivity (Wildman–Crippen MR) is 56.9 cm³/mol. The Labute approximate surface area is 90.0 Å². The van der Waals surface area contributed by atoms with Gasteiger partial charge in [0.15, 0.2) is 0 Å². The highest BCUT2D eigenvalue weighted by atomic mass is 16.2. The summed E-state index contributed by atoms with van der Waals surface area (Å²) in [6, 6.07) is -0.411. The Balaban J connectivity index is 2.51. The zero-order chi connectivity index (χ0) is 11.3. The van der Waals surface area contributed by atoms with Gasteiger partial charge >= 0.3 is 0 Å². The van der Waals surface area contributed by atoms with Crippen LogP contribution >= 0.6 is 0 Å². The normalized spacial score (nSPS) is 21.9. The molecular formula is C11H16N2O2. The maximum Gasteiger partial charge on any atom is 0.244 e. The molecule has 1 atom stereocenters. The maximum atomic E-state index is 11.7. The molecule has 0 saturated carbocycles. The zero-order valence-electron chi connectivity index (χ0n) is 8.95. The Bertz CT molecular complexity index is 293. The molecule has 4 nitrogen and oxygen atoms in total. The molecule has 1 aliphatic rings. The minimum atomic E-state index is -0.411. The zero-order valence-corrected chi connectivity index (χ0v) is 8.95. The molecule has 1 saturated heterocycles. The average Bonchev–Trinajstić information content (AvgIpc) is 2.31. The minimum Gasteiger partial charge on any atom is -0.345 e. The molecule has 1 aliphatic heterocycles. The van der Waals surface area contributed by atoms with Crippen LogP contribution in [0.5, 0.6) is 0 Å². The van der Waals surface area contributed by atoms with Gasteiger partial charge in [0.2, 0.25) is 11.8 Å². The standard InChI is InChI=1S/C11H16N2O2/c1-3-4-5-7-13-8-6-10(14)12-9(2)11(13)15/h1,9H,4-8H2,2H3,(H,12,14). The van der Waals surface area contributed by atoms with E-state index in [1.807, 2.05) is 0 Å². The molecule has 15 heavy (non-hydrogen) atoms. The Morgan fingerprint density at radius 3 is 3.00 bits per heavy atom. The van der Waals surface area contributed by atoms with Crippen molar-refractivity contribution >= 4 is 11.8 Å². The van der Waals surface area contributed by atoms with Gasteiger partial charge in [0.05, 0.1) is 0 Å². The number of rotatable bonds is 3. The number of hydrogen-bond acceptors (Lipinski definition) is 2. The van der Waals surface area contributed by atoms with Gasteiger partial charge < -0.3 is 10.2 Å². The summed E-state index contributed by atoms with van der Waals surface area (Å²) >= 11 is 0. The van der Waals surface area contributed by atoms with Crippen LogP contribution in [0.1, 0.15) is 26.2 Å². The van der Waals surface area contributed by atoms with Gasteiger partial charge in [0.25, 0.3) is 0 Å². The Hall–Kier alpha value is -1.50. The van der Waals surface area contributed by atoms with Crippen molar-refractivity contribution in [3.8, 4) is 12.3 Å². The van der Waals surface area contributed by atoms with Crippen LogP contribution < -0.4 is 5.32 Å². The van der Waals surface area contributed by atoms with Crippen molar-refractivity contribution in [3.63, 3.8) is 0 Å². The van der Waals surface area contributed by atoms with Crippen molar-refractivity contribution in [2.24, 2.45) is 0 Å². The van der Waals surface area contributed by atoms with Crippen molar-refractivity contribution in [2.75, 3.05) is 13.1 Å². The smallest absolute Gasteiger partial charge is 0.244 e. The summed E-state index contributed by atoms with van der Waals surface area (Å²) in [6.07, 6.45) is 6.98. The minimum absolute atomic E-state index is 0.0159. The van der Waals surface area contributed by atoms with Crippen LogP contribution in [-0.4, -0.2) is 35.8 Å². The van der Waals surface area contributed by atoms with Crippen molar-refractivity contribution in [2.45, 2.75) is 32.2 Å². The molecule has 4 heteroatoms. The largest absolute Gasteiger partial charge is 0.345 e. The van der Waals surface area contributed by atoms with Gasteiger partial charge in [0.1, 0.15) is 6.04 Å². The van der Waals surface area contributed by atoms with Crippen LogP contribution in [0.4, 0.5) is 0 Å². The van der Waals surface area contributed by atoms with Crippen molar-refractivity contribution < 1.29 is 9.59 Å². The first-order chi connectivity index (χ1) is 7.15. The number of amides is 2. The second-order valence-electron chi connectivity index (χ2n) is 3.67. The molecule has 2 amide bonds. The second-order valence-corrected chi connectivity index (χ2v) is 3.67. The van der Waals surface area contributed by atoms with Gasteiger partial charge in [-0.2, -0.15) is 0 Å². The summed E-state index contributed by atoms with van der Waals surface area (Å²) in [6.45, 7) is 2.85. The summed E-state index contributed by atoms with van der Waals surface area (Å²) in [7, 11) is 0. The summed E-state index contributed by atoms with van der Waals surface area (Å²) in [4.78, 5) is 24.6. The lowest BCUT2D eigenvalue weighted by atomic mass is 10.2. The Kier molecular flexibility index (Phi) is 4.17. The monoisotopic (exact) mass is 208 g/mol. The van der Waals surface area contributed by atoms with Crippen LogP contribution in [0.2, 0.25) is 0 Å². The fourth-order valence-corrected chi connectivity index (χ4v) is 1.59. The van der Waals surface area contributed by atoms with Gasteiger partial charge in [-0.05, 0) is 13.3 Å². The Morgan fingerprint density at radius 2 is 2.33 bits per heavy atom. The Morgan fingerprint density at radius 1 is 1.60 bits per heavy atom. The topological polar surface area (TPSA) is 49.4 Å². The maximum absolute atomic E-state index is 11.7. The van der Waals surface area contributed by atoms with E-state index >= 15 is 0 Å². The molecule has 0 aliphatic carbocycles. The first-order valence-electron chi connectivity index (χ1n) is 5.16. The number of carbonyl (C=O) groups excluding carboxylic acids is 2. The highest BCUT2D eigenvalue weighted by Gasteiger charge is 2.25. The van der Waals surface area contributed by atoms with Crippen LogP contribution in [0.15, 0.2) is 0 Å². The number of unbranched alkanes of at least 4 members (excludes halogenated alkanes) is 1. The first-order valence-corrected chi connectivity index (χ1v) is 5.16. The third-order valence-corrected chi connectivity index (χ3v) is 2.42. The van der Waals surface area contributed by atoms with Crippen LogP contribution in [0, 0.1) is 12.3 Å². The van der Waals surface area contributed by atoms with Gasteiger partial charge in [0, 0.05) is 25.9 Å². The summed E-state index contributed by atoms with van der Waals surface area (Å²) in [5.74, 6) is 2.46. The fraction of sp³-hybridized carbons (Fsp3) is 0.636. The molecule has 1 rings (SSSR count). The lowest BCUT2D eigenvalue weighted by Gasteiger charge is -2.21. The van der Waals surface area contributed by atoms with Crippen LogP contribution in [0.3, 0.4) is 0 Å². The predicted octanol–water partition coefficient (Wildman–Crippen LogP) is 0.137. The lowest BCUT2D eigenvalue weighted by Crippen LogP contribution is -2.42. The number of nitrogens with zero attached hydrogens (tertiary/aromatic N) is 1. The summed E-state index contributed by atoms with van der Waals surface area (Å²) < 4.78 is 0. The van der Waals surface area contributed by atoms with E-state index in [-0.39, 0.29) is 11.8 Å². The fourth-order valence-electron chi connectivity index (χ4n) is 1.59. The SMILES string of the molecule is C#CCCCN1CCC(=O)NC(C)C1=O. The lowest BCUT2D eigenvalue weighted by molar-refractivity contribution is -0.133. The molecule has 82 valence electrons. The molecule has 1 N–H and O–H groups in total. The van der Waals surface area contributed by atoms with Crippen molar-refractivity contribution in [1.29, 1.82) is 0 Å². The van der Waals surface area contributed by atoms with Crippen LogP contribution in [0.25, 0.3) is 0 Å². The van der Waals surface area contributed by atoms with E-state index in [0.717, 1.165) is 6.42 Å². The second kappa shape index (κ2) is 5.40. The van der Waals surface area contributed by atoms with E-state index in [0.29, 0.717) is 25.9 Å². The molecule has 0 aromatic carbocycles. The van der Waals surface area contributed by atoms with E-state index in [4.69, 9.17) is 6.42 Å². The number of terminal acetylenes is 1. The van der Waals surface area contributed by atoms with Gasteiger partial charge in [-0.1, -0.05) is 0 Å². The molecule has 0 spiro atoms. The van der Waals surface area contributed by atoms with Crippen molar-refractivity contribution in [3.05, 3.63) is 0 Å². The highest BCUT2D eigenvalue weighted by Crippen LogP contribution is 2.04. The van der Waals surface area contributed by atoms with E-state index in [1.165, 1.54) is 0 Å². The van der Waals surface area contributed by atoms with E-state index in [9.17, 15) is 9.59 Å². The molecule has 0 aromatic heterocycles. The summed E-state index contributed by atoms with van der Waals surface area (Å²) in [5, 5.41) is 2.64. The first kappa shape index (κ1) is 11.6. The highest BCUT2D eigenvalue weighted by molar-refractivity contribution is 5.89.